The normalized spacial score (nSPS) is 19.1. The molecule has 1 aromatic heterocycles. The Morgan fingerprint density at radius 2 is 2.33 bits per heavy atom. The molecule has 8 heteroatoms. The Morgan fingerprint density at radius 1 is 1.57 bits per heavy atom. The summed E-state index contributed by atoms with van der Waals surface area (Å²) in [5.74, 6) is 0.351. The summed E-state index contributed by atoms with van der Waals surface area (Å²) in [5, 5.41) is 2.83. The van der Waals surface area contributed by atoms with Gasteiger partial charge in [-0.1, -0.05) is 6.92 Å². The van der Waals surface area contributed by atoms with E-state index in [1.807, 2.05) is 6.92 Å². The van der Waals surface area contributed by atoms with E-state index < -0.39 is 10.0 Å². The number of likely N-dealkylation sites (N-methyl/N-ethyl adjacent to an activating group) is 1. The molecular formula is C13H20BrN3O3S. The largest absolute Gasteiger partial charge is 0.377 e. The predicted molar refractivity (Wildman–Crippen MR) is 84.9 cm³/mol. The van der Waals surface area contributed by atoms with Crippen LogP contribution in [-0.2, 0) is 14.8 Å². The van der Waals surface area contributed by atoms with E-state index in [0.717, 1.165) is 12.8 Å². The third kappa shape index (κ3) is 3.74. The number of aromatic nitrogens is 1. The van der Waals surface area contributed by atoms with Gasteiger partial charge in [-0.25, -0.2) is 13.4 Å². The van der Waals surface area contributed by atoms with Crippen molar-refractivity contribution in [3.8, 4) is 0 Å². The summed E-state index contributed by atoms with van der Waals surface area (Å²) < 4.78 is 33.3. The van der Waals surface area contributed by atoms with Gasteiger partial charge in [0.15, 0.2) is 0 Å². The van der Waals surface area contributed by atoms with Gasteiger partial charge in [0.05, 0.1) is 6.10 Å². The van der Waals surface area contributed by atoms with Gasteiger partial charge in [0.2, 0.25) is 10.0 Å². The molecule has 0 spiro atoms. The van der Waals surface area contributed by atoms with Crippen molar-refractivity contribution in [1.82, 2.24) is 9.29 Å². The van der Waals surface area contributed by atoms with Gasteiger partial charge in [0, 0.05) is 37.4 Å². The maximum absolute atomic E-state index is 12.9. The third-order valence-corrected chi connectivity index (χ3v) is 5.85. The minimum Gasteiger partial charge on any atom is -0.377 e. The Kier molecular flexibility index (Phi) is 5.59. The molecule has 0 bridgehead atoms. The Hall–Kier alpha value is -0.700. The Balaban J connectivity index is 2.32. The minimum atomic E-state index is -3.61. The first-order valence-corrected chi connectivity index (χ1v) is 9.17. The molecule has 118 valence electrons. The van der Waals surface area contributed by atoms with E-state index in [0.29, 0.717) is 30.0 Å². The van der Waals surface area contributed by atoms with Crippen molar-refractivity contribution < 1.29 is 13.2 Å². The zero-order valence-corrected chi connectivity index (χ0v) is 14.6. The van der Waals surface area contributed by atoms with Crippen LogP contribution < -0.4 is 5.32 Å². The molecule has 1 aliphatic heterocycles. The number of halogens is 1. The molecule has 21 heavy (non-hydrogen) atoms. The highest BCUT2D eigenvalue weighted by molar-refractivity contribution is 9.10. The molecule has 6 nitrogen and oxygen atoms in total. The number of anilines is 1. The molecule has 2 heterocycles. The highest BCUT2D eigenvalue weighted by Crippen LogP contribution is 2.26. The smallest absolute Gasteiger partial charge is 0.246 e. The standard InChI is InChI=1S/C13H20BrN3O3S/c1-3-17(9-11-5-4-6-20-11)21(18,19)12-7-10(14)8-16-13(12)15-2/h7-8,11H,3-6,9H2,1-2H3,(H,15,16). The van der Waals surface area contributed by atoms with Gasteiger partial charge in [-0.05, 0) is 34.8 Å². The fourth-order valence-corrected chi connectivity index (χ4v) is 4.50. The molecule has 1 aromatic rings. The summed E-state index contributed by atoms with van der Waals surface area (Å²) in [6.45, 7) is 3.33. The summed E-state index contributed by atoms with van der Waals surface area (Å²) in [4.78, 5) is 4.30. The van der Waals surface area contributed by atoms with Crippen LogP contribution in [0.15, 0.2) is 21.6 Å². The van der Waals surface area contributed by atoms with Crippen molar-refractivity contribution in [2.75, 3.05) is 32.1 Å². The van der Waals surface area contributed by atoms with E-state index in [-0.39, 0.29) is 11.0 Å². The monoisotopic (exact) mass is 377 g/mol. The molecule has 0 radical (unpaired) electrons. The first kappa shape index (κ1) is 16.7. The Bertz CT molecular complexity index is 588. The number of pyridine rings is 1. The second kappa shape index (κ2) is 7.04. The van der Waals surface area contributed by atoms with Gasteiger partial charge < -0.3 is 10.1 Å². The van der Waals surface area contributed by atoms with Crippen molar-refractivity contribution in [2.24, 2.45) is 0 Å². The number of rotatable bonds is 6. The maximum atomic E-state index is 12.9. The number of hydrogen-bond donors (Lipinski definition) is 1. The van der Waals surface area contributed by atoms with Crippen LogP contribution in [-0.4, -0.2) is 50.6 Å². The number of sulfonamides is 1. The number of nitrogens with zero attached hydrogens (tertiary/aromatic N) is 2. The van der Waals surface area contributed by atoms with Crippen molar-refractivity contribution in [2.45, 2.75) is 30.8 Å². The summed E-state index contributed by atoms with van der Waals surface area (Å²) in [6.07, 6.45) is 3.45. The van der Waals surface area contributed by atoms with Crippen molar-refractivity contribution >= 4 is 31.8 Å². The highest BCUT2D eigenvalue weighted by atomic mass is 79.9. The van der Waals surface area contributed by atoms with Crippen molar-refractivity contribution in [3.63, 3.8) is 0 Å². The molecule has 1 unspecified atom stereocenters. The maximum Gasteiger partial charge on any atom is 0.246 e. The molecule has 1 fully saturated rings. The average Bonchev–Trinajstić information content (AvgIpc) is 2.97. The van der Waals surface area contributed by atoms with Gasteiger partial charge >= 0.3 is 0 Å². The van der Waals surface area contributed by atoms with Gasteiger partial charge in [0.25, 0.3) is 0 Å². The topological polar surface area (TPSA) is 71.5 Å². The number of ether oxygens (including phenoxy) is 1. The second-order valence-corrected chi connectivity index (χ2v) is 7.66. The fraction of sp³-hybridized carbons (Fsp3) is 0.615. The lowest BCUT2D eigenvalue weighted by molar-refractivity contribution is 0.0947. The van der Waals surface area contributed by atoms with Crippen LogP contribution in [0.2, 0.25) is 0 Å². The number of hydrogen-bond acceptors (Lipinski definition) is 5. The minimum absolute atomic E-state index is 0.0159. The van der Waals surface area contributed by atoms with Gasteiger partial charge in [0.1, 0.15) is 10.7 Å². The number of nitrogens with one attached hydrogen (secondary N) is 1. The first-order chi connectivity index (χ1) is 9.98. The van der Waals surface area contributed by atoms with E-state index >= 15 is 0 Å². The van der Waals surface area contributed by atoms with Gasteiger partial charge in [-0.15, -0.1) is 0 Å². The van der Waals surface area contributed by atoms with Crippen LogP contribution >= 0.6 is 15.9 Å². The van der Waals surface area contributed by atoms with E-state index in [2.05, 4.69) is 26.2 Å². The third-order valence-electron chi connectivity index (χ3n) is 3.46. The molecule has 0 saturated carbocycles. The quantitative estimate of drug-likeness (QED) is 0.821. The van der Waals surface area contributed by atoms with Crippen LogP contribution in [0.3, 0.4) is 0 Å². The first-order valence-electron chi connectivity index (χ1n) is 6.94. The van der Waals surface area contributed by atoms with Crippen LogP contribution in [0.1, 0.15) is 19.8 Å². The molecule has 1 N–H and O–H groups in total. The lowest BCUT2D eigenvalue weighted by Crippen LogP contribution is -2.37. The highest BCUT2D eigenvalue weighted by Gasteiger charge is 2.30. The van der Waals surface area contributed by atoms with Gasteiger partial charge in [-0.2, -0.15) is 4.31 Å². The van der Waals surface area contributed by atoms with E-state index in [9.17, 15) is 8.42 Å². The Morgan fingerprint density at radius 3 is 2.90 bits per heavy atom. The Labute approximate surface area is 134 Å². The summed E-state index contributed by atoms with van der Waals surface area (Å²) in [6, 6.07) is 1.58. The molecule has 1 aliphatic rings. The van der Waals surface area contributed by atoms with Crippen molar-refractivity contribution in [3.05, 3.63) is 16.7 Å². The second-order valence-electron chi connectivity index (χ2n) is 4.84. The molecule has 1 saturated heterocycles. The van der Waals surface area contributed by atoms with E-state index in [1.54, 1.807) is 19.3 Å². The summed E-state index contributed by atoms with van der Waals surface area (Å²) in [5.41, 5.74) is 0. The van der Waals surface area contributed by atoms with E-state index in [1.165, 1.54) is 4.31 Å². The zero-order valence-electron chi connectivity index (χ0n) is 12.2. The molecule has 0 amide bonds. The zero-order chi connectivity index (χ0) is 15.5. The fourth-order valence-electron chi connectivity index (χ4n) is 2.36. The molecule has 0 aliphatic carbocycles. The van der Waals surface area contributed by atoms with E-state index in [4.69, 9.17) is 4.74 Å². The van der Waals surface area contributed by atoms with Crippen molar-refractivity contribution in [1.29, 1.82) is 0 Å². The van der Waals surface area contributed by atoms with Crippen LogP contribution in [0, 0.1) is 0 Å². The SMILES string of the molecule is CCN(CC1CCCO1)S(=O)(=O)c1cc(Br)cnc1NC. The molecule has 0 aromatic carbocycles. The molecule has 2 rings (SSSR count). The molecular weight excluding hydrogens is 358 g/mol. The van der Waals surface area contributed by atoms with Gasteiger partial charge in [-0.3, -0.25) is 0 Å². The van der Waals surface area contributed by atoms with Crippen LogP contribution in [0.25, 0.3) is 0 Å². The predicted octanol–water partition coefficient (Wildman–Crippen LogP) is 2.08. The lowest BCUT2D eigenvalue weighted by Gasteiger charge is -2.24. The summed E-state index contributed by atoms with van der Waals surface area (Å²) in [7, 11) is -1.95. The van der Waals surface area contributed by atoms with Crippen LogP contribution in [0.5, 0.6) is 0 Å². The average molecular weight is 378 g/mol. The lowest BCUT2D eigenvalue weighted by atomic mass is 10.2. The molecule has 1 atom stereocenters. The summed E-state index contributed by atoms with van der Waals surface area (Å²) >= 11 is 3.28. The van der Waals surface area contributed by atoms with Crippen LogP contribution in [0.4, 0.5) is 5.82 Å².